The maximum Gasteiger partial charge on any atom is 0.126 e. The fraction of sp³-hybridized carbons (Fsp3) is 0.467. The Hall–Kier alpha value is -1.88. The number of aromatic nitrogens is 3. The first-order valence-corrected chi connectivity index (χ1v) is 7.25. The highest BCUT2D eigenvalue weighted by Gasteiger charge is 2.17. The molecule has 0 bridgehead atoms. The van der Waals surface area contributed by atoms with Gasteiger partial charge in [-0.3, -0.25) is 4.68 Å². The van der Waals surface area contributed by atoms with E-state index < -0.39 is 0 Å². The summed E-state index contributed by atoms with van der Waals surface area (Å²) >= 11 is 0. The summed E-state index contributed by atoms with van der Waals surface area (Å²) in [4.78, 5) is 4.69. The van der Waals surface area contributed by atoms with Gasteiger partial charge in [0.25, 0.3) is 0 Å². The molecule has 0 amide bonds. The van der Waals surface area contributed by atoms with Crippen LogP contribution in [0.4, 0.5) is 5.82 Å². The molecule has 5 heteroatoms. The van der Waals surface area contributed by atoms with E-state index in [1.165, 1.54) is 12.8 Å². The summed E-state index contributed by atoms with van der Waals surface area (Å²) in [7, 11) is 0. The fourth-order valence-electron chi connectivity index (χ4n) is 2.57. The zero-order valence-electron chi connectivity index (χ0n) is 11.8. The van der Waals surface area contributed by atoms with Gasteiger partial charge in [-0.25, -0.2) is 4.98 Å². The average molecular weight is 271 g/mol. The normalized spacial score (nSPS) is 18.4. The van der Waals surface area contributed by atoms with Crippen LogP contribution in [-0.4, -0.2) is 27.9 Å². The molecule has 3 rings (SSSR count). The van der Waals surface area contributed by atoms with E-state index in [4.69, 9.17) is 0 Å². The quantitative estimate of drug-likeness (QED) is 0.874. The third kappa shape index (κ3) is 3.17. The molecule has 1 saturated heterocycles. The number of hydrogen-bond donors (Lipinski definition) is 2. The van der Waals surface area contributed by atoms with Gasteiger partial charge < -0.3 is 10.6 Å². The van der Waals surface area contributed by atoms with Crippen molar-refractivity contribution in [2.75, 3.05) is 18.4 Å². The first kappa shape index (κ1) is 13.1. The monoisotopic (exact) mass is 271 g/mol. The van der Waals surface area contributed by atoms with Crippen molar-refractivity contribution >= 4 is 5.82 Å². The first-order valence-electron chi connectivity index (χ1n) is 7.25. The van der Waals surface area contributed by atoms with Gasteiger partial charge in [-0.2, -0.15) is 5.10 Å². The second kappa shape index (κ2) is 6.05. The van der Waals surface area contributed by atoms with E-state index in [2.05, 4.69) is 32.8 Å². The molecular weight excluding hydrogens is 250 g/mol. The molecule has 1 fully saturated rings. The predicted molar refractivity (Wildman–Crippen MR) is 79.7 cm³/mol. The van der Waals surface area contributed by atoms with Crippen LogP contribution in [0, 0.1) is 6.92 Å². The lowest BCUT2D eigenvalue weighted by atomic mass is 10.1. The molecule has 1 aliphatic rings. The maximum absolute atomic E-state index is 4.69. The SMILES string of the molecule is Cc1ccn(CCNc2cccc([C@@H]3CCCN3)n2)n1. The second-order valence-electron chi connectivity index (χ2n) is 5.24. The zero-order valence-corrected chi connectivity index (χ0v) is 11.8. The summed E-state index contributed by atoms with van der Waals surface area (Å²) in [6, 6.07) is 8.64. The summed E-state index contributed by atoms with van der Waals surface area (Å²) < 4.78 is 1.95. The van der Waals surface area contributed by atoms with Gasteiger partial charge in [-0.1, -0.05) is 6.07 Å². The molecule has 1 aliphatic heterocycles. The number of hydrogen-bond acceptors (Lipinski definition) is 4. The van der Waals surface area contributed by atoms with E-state index >= 15 is 0 Å². The molecule has 2 aromatic rings. The highest BCUT2D eigenvalue weighted by atomic mass is 15.3. The Labute approximate surface area is 119 Å². The molecule has 0 aliphatic carbocycles. The number of nitrogens with zero attached hydrogens (tertiary/aromatic N) is 3. The van der Waals surface area contributed by atoms with Crippen LogP contribution in [-0.2, 0) is 6.54 Å². The van der Waals surface area contributed by atoms with Crippen LogP contribution in [0.25, 0.3) is 0 Å². The van der Waals surface area contributed by atoms with Crippen molar-refractivity contribution in [3.63, 3.8) is 0 Å². The minimum Gasteiger partial charge on any atom is -0.368 e. The summed E-state index contributed by atoms with van der Waals surface area (Å²) in [6.07, 6.45) is 4.43. The number of pyridine rings is 1. The summed E-state index contributed by atoms with van der Waals surface area (Å²) in [5, 5.41) is 11.2. The van der Waals surface area contributed by atoms with Crippen molar-refractivity contribution in [3.8, 4) is 0 Å². The van der Waals surface area contributed by atoms with Gasteiger partial charge in [-0.15, -0.1) is 0 Å². The summed E-state index contributed by atoms with van der Waals surface area (Å²) in [6.45, 7) is 4.78. The van der Waals surface area contributed by atoms with E-state index in [0.29, 0.717) is 6.04 Å². The fourth-order valence-corrected chi connectivity index (χ4v) is 2.57. The molecular formula is C15H21N5. The molecule has 2 aromatic heterocycles. The van der Waals surface area contributed by atoms with Gasteiger partial charge in [-0.05, 0) is 44.5 Å². The van der Waals surface area contributed by atoms with Crippen LogP contribution in [0.15, 0.2) is 30.5 Å². The zero-order chi connectivity index (χ0) is 13.8. The molecule has 106 valence electrons. The van der Waals surface area contributed by atoms with Crippen molar-refractivity contribution in [2.45, 2.75) is 32.4 Å². The largest absolute Gasteiger partial charge is 0.368 e. The van der Waals surface area contributed by atoms with Gasteiger partial charge in [0, 0.05) is 18.8 Å². The molecule has 3 heterocycles. The van der Waals surface area contributed by atoms with Crippen LogP contribution in [0.3, 0.4) is 0 Å². The summed E-state index contributed by atoms with van der Waals surface area (Å²) in [5.74, 6) is 0.945. The first-order chi connectivity index (χ1) is 9.81. The van der Waals surface area contributed by atoms with Crippen LogP contribution in [0.2, 0.25) is 0 Å². The minimum absolute atomic E-state index is 0.422. The number of aryl methyl sites for hydroxylation is 1. The van der Waals surface area contributed by atoms with E-state index in [0.717, 1.165) is 36.8 Å². The topological polar surface area (TPSA) is 54.8 Å². The Morgan fingerprint density at radius 3 is 3.10 bits per heavy atom. The highest BCUT2D eigenvalue weighted by molar-refractivity contribution is 5.36. The number of anilines is 1. The Morgan fingerprint density at radius 1 is 1.40 bits per heavy atom. The van der Waals surface area contributed by atoms with Crippen molar-refractivity contribution in [2.24, 2.45) is 0 Å². The second-order valence-corrected chi connectivity index (χ2v) is 5.24. The van der Waals surface area contributed by atoms with E-state index in [9.17, 15) is 0 Å². The van der Waals surface area contributed by atoms with Crippen molar-refractivity contribution in [1.82, 2.24) is 20.1 Å². The minimum atomic E-state index is 0.422. The van der Waals surface area contributed by atoms with Gasteiger partial charge in [0.2, 0.25) is 0 Å². The van der Waals surface area contributed by atoms with Gasteiger partial charge in [0.05, 0.1) is 17.9 Å². The summed E-state index contributed by atoms with van der Waals surface area (Å²) in [5.41, 5.74) is 2.19. The highest BCUT2D eigenvalue weighted by Crippen LogP contribution is 2.22. The van der Waals surface area contributed by atoms with Crippen LogP contribution < -0.4 is 10.6 Å². The van der Waals surface area contributed by atoms with Gasteiger partial charge >= 0.3 is 0 Å². The van der Waals surface area contributed by atoms with E-state index in [-0.39, 0.29) is 0 Å². The molecule has 0 aromatic carbocycles. The number of rotatable bonds is 5. The smallest absolute Gasteiger partial charge is 0.126 e. The molecule has 0 spiro atoms. The lowest BCUT2D eigenvalue weighted by Gasteiger charge is -2.12. The van der Waals surface area contributed by atoms with Crippen molar-refractivity contribution in [3.05, 3.63) is 41.9 Å². The standard InChI is InChI=1S/C15H21N5/c1-12-7-10-20(19-12)11-9-17-15-6-2-4-14(18-15)13-5-3-8-16-13/h2,4,6-7,10,13,16H,3,5,8-9,11H2,1H3,(H,17,18)/t13-/m0/s1. The molecule has 0 saturated carbocycles. The average Bonchev–Trinajstić information content (AvgIpc) is 3.11. The molecule has 2 N–H and O–H groups in total. The third-order valence-electron chi connectivity index (χ3n) is 3.61. The van der Waals surface area contributed by atoms with E-state index in [1.54, 1.807) is 0 Å². The van der Waals surface area contributed by atoms with Gasteiger partial charge in [0.1, 0.15) is 5.82 Å². The van der Waals surface area contributed by atoms with Crippen LogP contribution >= 0.6 is 0 Å². The van der Waals surface area contributed by atoms with Crippen LogP contribution in [0.5, 0.6) is 0 Å². The van der Waals surface area contributed by atoms with Gasteiger partial charge in [0.15, 0.2) is 0 Å². The van der Waals surface area contributed by atoms with Crippen LogP contribution in [0.1, 0.15) is 30.3 Å². The third-order valence-corrected chi connectivity index (χ3v) is 3.61. The molecule has 0 radical (unpaired) electrons. The molecule has 5 nitrogen and oxygen atoms in total. The van der Waals surface area contributed by atoms with Crippen molar-refractivity contribution in [1.29, 1.82) is 0 Å². The predicted octanol–water partition coefficient (Wildman–Crippen LogP) is 2.12. The Balaban J connectivity index is 1.55. The lowest BCUT2D eigenvalue weighted by molar-refractivity contribution is 0.622. The van der Waals surface area contributed by atoms with Crippen molar-refractivity contribution < 1.29 is 0 Å². The van der Waals surface area contributed by atoms with E-state index in [1.807, 2.05) is 29.9 Å². The Bertz CT molecular complexity index is 557. The molecule has 0 unspecified atom stereocenters. The Morgan fingerprint density at radius 2 is 2.35 bits per heavy atom. The maximum atomic E-state index is 4.69. The Kier molecular flexibility index (Phi) is 3.97. The number of nitrogens with one attached hydrogen (secondary N) is 2. The molecule has 1 atom stereocenters. The molecule has 20 heavy (non-hydrogen) atoms. The lowest BCUT2D eigenvalue weighted by Crippen LogP contribution is -2.16.